The Bertz CT molecular complexity index is 4280. The SMILES string of the molecule is c1ccc(N(c2ccccc2)c2ccc(N(c3ccc(-c4ccc5c6ccccc6c6ccccc6c5c4)cc3)c3ccc(-c4ccc5c(c4)c4ccccc4n5-c4ccccc4)cc3)c3ccccc23)cc1. The Hall–Kier alpha value is -9.70. The van der Waals surface area contributed by atoms with Crippen LogP contribution in [-0.2, 0) is 0 Å². The molecule has 3 heteroatoms. The second kappa shape index (κ2) is 17.6. The van der Waals surface area contributed by atoms with Crippen LogP contribution in [0, 0.1) is 0 Å². The number of nitrogens with zero attached hydrogens (tertiary/aromatic N) is 3. The second-order valence-electron chi connectivity index (χ2n) is 18.9. The standard InChI is InChI=1S/C70H47N3/c1-4-18-52(19-5-1)71(53-20-6-2-7-21-53)68-44-45-69(63-29-15-14-28-62(63)68)72(55-38-32-48(33-39-55)50-36-42-61-59-26-11-10-24-57(59)58-25-12-13-27-60(58)65(61)46-50)56-40-34-49(35-41-56)51-37-43-70-66(47-51)64-30-16-17-31-67(64)73(70)54-22-8-3-9-23-54/h1-47H. The molecule has 0 unspecified atom stereocenters. The Labute approximate surface area is 424 Å². The van der Waals surface area contributed by atoms with E-state index in [1.165, 1.54) is 70.8 Å². The predicted molar refractivity (Wildman–Crippen MR) is 311 cm³/mol. The van der Waals surface area contributed by atoms with Crippen molar-refractivity contribution >= 4 is 99.0 Å². The monoisotopic (exact) mass is 929 g/mol. The smallest absolute Gasteiger partial charge is 0.0541 e. The van der Waals surface area contributed by atoms with Crippen LogP contribution in [0.15, 0.2) is 285 Å². The summed E-state index contributed by atoms with van der Waals surface area (Å²) in [5.74, 6) is 0. The number of hydrogen-bond donors (Lipinski definition) is 0. The van der Waals surface area contributed by atoms with Crippen LogP contribution in [0.25, 0.3) is 92.8 Å². The molecule has 1 heterocycles. The summed E-state index contributed by atoms with van der Waals surface area (Å²) in [4.78, 5) is 4.79. The molecule has 0 radical (unpaired) electrons. The number of rotatable bonds is 9. The third-order valence-corrected chi connectivity index (χ3v) is 14.7. The molecule has 0 bridgehead atoms. The van der Waals surface area contributed by atoms with Gasteiger partial charge in [-0.25, -0.2) is 0 Å². The van der Waals surface area contributed by atoms with Crippen molar-refractivity contribution in [2.24, 2.45) is 0 Å². The van der Waals surface area contributed by atoms with Crippen molar-refractivity contribution in [3.63, 3.8) is 0 Å². The third kappa shape index (κ3) is 7.21. The van der Waals surface area contributed by atoms with E-state index in [4.69, 9.17) is 0 Å². The summed E-state index contributed by atoms with van der Waals surface area (Å²) in [6.45, 7) is 0. The van der Waals surface area contributed by atoms with Gasteiger partial charge in [-0.2, -0.15) is 0 Å². The lowest BCUT2D eigenvalue weighted by Crippen LogP contribution is -2.13. The van der Waals surface area contributed by atoms with Crippen LogP contribution in [0.4, 0.5) is 34.1 Å². The summed E-state index contributed by atoms with van der Waals surface area (Å²) in [5.41, 5.74) is 14.8. The van der Waals surface area contributed by atoms with Gasteiger partial charge in [0.2, 0.25) is 0 Å². The van der Waals surface area contributed by atoms with Gasteiger partial charge in [0, 0.05) is 50.0 Å². The molecule has 0 N–H and O–H groups in total. The summed E-state index contributed by atoms with van der Waals surface area (Å²) in [6.07, 6.45) is 0. The normalized spacial score (nSPS) is 11.6. The number of fused-ring (bicyclic) bond motifs is 10. The highest BCUT2D eigenvalue weighted by atomic mass is 15.2. The minimum Gasteiger partial charge on any atom is -0.310 e. The Morgan fingerprint density at radius 2 is 0.548 bits per heavy atom. The third-order valence-electron chi connectivity index (χ3n) is 14.7. The summed E-state index contributed by atoms with van der Waals surface area (Å²) < 4.78 is 2.37. The van der Waals surface area contributed by atoms with Crippen molar-refractivity contribution in [1.29, 1.82) is 0 Å². The molecule has 0 saturated carbocycles. The molecule has 73 heavy (non-hydrogen) atoms. The van der Waals surface area contributed by atoms with Gasteiger partial charge in [-0.05, 0) is 152 Å². The van der Waals surface area contributed by atoms with E-state index in [-0.39, 0.29) is 0 Å². The Balaban J connectivity index is 0.905. The zero-order valence-electron chi connectivity index (χ0n) is 40.0. The maximum atomic E-state index is 2.42. The maximum absolute atomic E-state index is 2.42. The van der Waals surface area contributed by atoms with Gasteiger partial charge in [0.25, 0.3) is 0 Å². The summed E-state index contributed by atoms with van der Waals surface area (Å²) in [5, 5.41) is 12.5. The zero-order valence-corrected chi connectivity index (χ0v) is 40.0. The molecule has 0 spiro atoms. The van der Waals surface area contributed by atoms with Crippen molar-refractivity contribution in [3.8, 4) is 27.9 Å². The quantitative estimate of drug-likeness (QED) is 0.134. The molecule has 1 aromatic heterocycles. The Kier molecular flexibility index (Phi) is 10.2. The van der Waals surface area contributed by atoms with Gasteiger partial charge in [-0.3, -0.25) is 0 Å². The van der Waals surface area contributed by atoms with Crippen LogP contribution in [0.2, 0.25) is 0 Å². The van der Waals surface area contributed by atoms with Crippen LogP contribution in [0.3, 0.4) is 0 Å². The highest BCUT2D eigenvalue weighted by Crippen LogP contribution is 2.46. The molecular formula is C70H47N3. The van der Waals surface area contributed by atoms with Gasteiger partial charge in [-0.1, -0.05) is 188 Å². The molecule has 0 aliphatic rings. The predicted octanol–water partition coefficient (Wildman–Crippen LogP) is 19.7. The fourth-order valence-electron chi connectivity index (χ4n) is 11.4. The lowest BCUT2D eigenvalue weighted by Gasteiger charge is -2.30. The Morgan fingerprint density at radius 3 is 1.05 bits per heavy atom. The van der Waals surface area contributed by atoms with E-state index in [1.54, 1.807) is 0 Å². The van der Waals surface area contributed by atoms with E-state index < -0.39 is 0 Å². The minimum absolute atomic E-state index is 1.07. The van der Waals surface area contributed by atoms with E-state index in [0.717, 1.165) is 56.1 Å². The topological polar surface area (TPSA) is 11.4 Å². The first kappa shape index (κ1) is 42.2. The van der Waals surface area contributed by atoms with Gasteiger partial charge in [0.15, 0.2) is 0 Å². The molecule has 342 valence electrons. The summed E-state index contributed by atoms with van der Waals surface area (Å²) in [7, 11) is 0. The minimum atomic E-state index is 1.07. The molecule has 0 amide bonds. The largest absolute Gasteiger partial charge is 0.310 e. The molecule has 0 aliphatic heterocycles. The molecule has 14 rings (SSSR count). The van der Waals surface area contributed by atoms with Crippen LogP contribution in [0.5, 0.6) is 0 Å². The number of anilines is 6. The molecule has 3 nitrogen and oxygen atoms in total. The molecule has 0 atom stereocenters. The van der Waals surface area contributed by atoms with Crippen molar-refractivity contribution in [2.45, 2.75) is 0 Å². The van der Waals surface area contributed by atoms with Crippen LogP contribution < -0.4 is 9.80 Å². The van der Waals surface area contributed by atoms with Crippen LogP contribution in [0.1, 0.15) is 0 Å². The molecule has 0 fully saturated rings. The van der Waals surface area contributed by atoms with E-state index in [0.29, 0.717) is 0 Å². The van der Waals surface area contributed by atoms with Crippen LogP contribution in [-0.4, -0.2) is 4.57 Å². The van der Waals surface area contributed by atoms with Crippen molar-refractivity contribution in [1.82, 2.24) is 4.57 Å². The first-order chi connectivity index (χ1) is 36.2. The average molecular weight is 930 g/mol. The molecule has 14 aromatic rings. The molecular weight excluding hydrogens is 883 g/mol. The molecule has 0 aliphatic carbocycles. The van der Waals surface area contributed by atoms with Gasteiger partial charge in [-0.15, -0.1) is 0 Å². The van der Waals surface area contributed by atoms with E-state index in [1.807, 2.05) is 0 Å². The first-order valence-electron chi connectivity index (χ1n) is 25.1. The number of hydrogen-bond acceptors (Lipinski definition) is 2. The van der Waals surface area contributed by atoms with E-state index in [2.05, 4.69) is 299 Å². The van der Waals surface area contributed by atoms with Crippen molar-refractivity contribution in [3.05, 3.63) is 285 Å². The lowest BCUT2D eigenvalue weighted by molar-refractivity contribution is 1.18. The van der Waals surface area contributed by atoms with Crippen molar-refractivity contribution in [2.75, 3.05) is 9.80 Å². The number of benzene rings is 13. The fourth-order valence-corrected chi connectivity index (χ4v) is 11.4. The Morgan fingerprint density at radius 1 is 0.205 bits per heavy atom. The van der Waals surface area contributed by atoms with Crippen LogP contribution >= 0.6 is 0 Å². The number of para-hydroxylation sites is 4. The van der Waals surface area contributed by atoms with Gasteiger partial charge in [0.05, 0.1) is 22.4 Å². The zero-order chi connectivity index (χ0) is 48.2. The molecule has 0 saturated heterocycles. The summed E-state index contributed by atoms with van der Waals surface area (Å²) in [6, 6.07) is 104. The van der Waals surface area contributed by atoms with Gasteiger partial charge in [0.1, 0.15) is 0 Å². The lowest BCUT2D eigenvalue weighted by atomic mass is 9.92. The average Bonchev–Trinajstić information content (AvgIpc) is 3.81. The van der Waals surface area contributed by atoms with E-state index in [9.17, 15) is 0 Å². The second-order valence-corrected chi connectivity index (χ2v) is 18.9. The number of aromatic nitrogens is 1. The van der Waals surface area contributed by atoms with Crippen molar-refractivity contribution < 1.29 is 0 Å². The summed E-state index contributed by atoms with van der Waals surface area (Å²) >= 11 is 0. The highest BCUT2D eigenvalue weighted by Gasteiger charge is 2.22. The van der Waals surface area contributed by atoms with Gasteiger partial charge < -0.3 is 14.4 Å². The first-order valence-corrected chi connectivity index (χ1v) is 25.1. The maximum Gasteiger partial charge on any atom is 0.0541 e. The van der Waals surface area contributed by atoms with E-state index >= 15 is 0 Å². The fraction of sp³-hybridized carbons (Fsp3) is 0. The highest BCUT2D eigenvalue weighted by molar-refractivity contribution is 6.25. The van der Waals surface area contributed by atoms with Gasteiger partial charge >= 0.3 is 0 Å². The molecule has 13 aromatic carbocycles.